The Morgan fingerprint density at radius 1 is 1.23 bits per heavy atom. The maximum atomic E-state index is 13.3. The minimum absolute atomic E-state index is 0.0810. The van der Waals surface area contributed by atoms with Crippen molar-refractivity contribution in [3.8, 4) is 6.07 Å². The van der Waals surface area contributed by atoms with Gasteiger partial charge in [0.2, 0.25) is 0 Å². The molecular formula is C23H30N4O2S. The summed E-state index contributed by atoms with van der Waals surface area (Å²) in [4.78, 5) is 32.8. The topological polar surface area (TPSA) is 67.7 Å². The average molecular weight is 427 g/mol. The summed E-state index contributed by atoms with van der Waals surface area (Å²) in [5.41, 5.74) is 1.28. The fourth-order valence-electron chi connectivity index (χ4n) is 5.21. The highest BCUT2D eigenvalue weighted by atomic mass is 32.1. The van der Waals surface area contributed by atoms with Crippen molar-refractivity contribution in [3.63, 3.8) is 0 Å². The van der Waals surface area contributed by atoms with Crippen LogP contribution in [0.3, 0.4) is 0 Å². The summed E-state index contributed by atoms with van der Waals surface area (Å²) in [5, 5.41) is 11.8. The van der Waals surface area contributed by atoms with E-state index in [2.05, 4.69) is 24.8 Å². The molecule has 2 fully saturated rings. The van der Waals surface area contributed by atoms with Crippen LogP contribution in [-0.4, -0.2) is 65.3 Å². The molecule has 1 aromatic rings. The van der Waals surface area contributed by atoms with Crippen LogP contribution in [0.5, 0.6) is 0 Å². The number of nitriles is 1. The Balaban J connectivity index is 1.57. The van der Waals surface area contributed by atoms with Crippen molar-refractivity contribution in [2.45, 2.75) is 45.6 Å². The maximum Gasteiger partial charge on any atom is 0.266 e. The quantitative estimate of drug-likeness (QED) is 0.741. The fourth-order valence-corrected chi connectivity index (χ4v) is 5.90. The Morgan fingerprint density at radius 2 is 1.97 bits per heavy atom. The molecule has 0 aromatic carbocycles. The molecule has 0 radical (unpaired) electrons. The number of thiophene rings is 1. The van der Waals surface area contributed by atoms with E-state index < -0.39 is 0 Å². The molecule has 1 aliphatic carbocycles. The minimum Gasteiger partial charge on any atom is -0.370 e. The number of nitrogens with zero attached hydrogens (tertiary/aromatic N) is 4. The number of carbonyl (C=O) groups is 2. The van der Waals surface area contributed by atoms with Gasteiger partial charge in [-0.1, -0.05) is 32.8 Å². The van der Waals surface area contributed by atoms with Crippen LogP contribution < -0.4 is 0 Å². The standard InChI is InChI=1S/C23H30N4O2S/c1-16(2)15-27-19-7-4-3-6-17(19)21(18(14-24)22(27)28)25-9-11-26(12-10-25)23(29)20-8-5-13-30-20/h5,8,13,16-17,19H,3-4,6-7,9-12,15H2,1-2H3. The molecule has 6 nitrogen and oxygen atoms in total. The number of rotatable bonds is 4. The predicted molar refractivity (Wildman–Crippen MR) is 117 cm³/mol. The summed E-state index contributed by atoms with van der Waals surface area (Å²) in [6.45, 7) is 7.57. The molecule has 30 heavy (non-hydrogen) atoms. The number of amides is 2. The molecule has 0 N–H and O–H groups in total. The predicted octanol–water partition coefficient (Wildman–Crippen LogP) is 3.34. The van der Waals surface area contributed by atoms with E-state index in [9.17, 15) is 14.9 Å². The van der Waals surface area contributed by atoms with Gasteiger partial charge in [-0.05, 0) is 30.2 Å². The molecule has 2 aliphatic heterocycles. The lowest BCUT2D eigenvalue weighted by Crippen LogP contribution is -2.57. The molecule has 1 aromatic heterocycles. The van der Waals surface area contributed by atoms with Gasteiger partial charge in [-0.2, -0.15) is 5.26 Å². The van der Waals surface area contributed by atoms with Gasteiger partial charge in [0.25, 0.3) is 11.8 Å². The largest absolute Gasteiger partial charge is 0.370 e. The van der Waals surface area contributed by atoms with Gasteiger partial charge in [0.05, 0.1) is 4.88 Å². The average Bonchev–Trinajstić information content (AvgIpc) is 3.29. The molecule has 7 heteroatoms. The number of hydrogen-bond acceptors (Lipinski definition) is 5. The number of fused-ring (bicyclic) bond motifs is 1. The summed E-state index contributed by atoms with van der Waals surface area (Å²) in [6, 6.07) is 6.23. The van der Waals surface area contributed by atoms with Crippen LogP contribution in [0, 0.1) is 23.2 Å². The molecule has 160 valence electrons. The fraction of sp³-hybridized carbons (Fsp3) is 0.609. The molecule has 2 unspecified atom stereocenters. The molecule has 0 bridgehead atoms. The highest BCUT2D eigenvalue weighted by molar-refractivity contribution is 7.12. The van der Waals surface area contributed by atoms with Crippen molar-refractivity contribution >= 4 is 23.2 Å². The van der Waals surface area contributed by atoms with Crippen LogP contribution in [0.15, 0.2) is 28.8 Å². The van der Waals surface area contributed by atoms with Crippen LogP contribution in [0.25, 0.3) is 0 Å². The van der Waals surface area contributed by atoms with E-state index >= 15 is 0 Å². The second-order valence-corrected chi connectivity index (χ2v) is 9.89. The maximum absolute atomic E-state index is 13.3. The molecule has 3 aliphatic rings. The Labute approximate surface area is 182 Å². The summed E-state index contributed by atoms with van der Waals surface area (Å²) in [6.07, 6.45) is 4.33. The van der Waals surface area contributed by atoms with E-state index in [1.807, 2.05) is 27.3 Å². The molecule has 4 rings (SSSR count). The van der Waals surface area contributed by atoms with Crippen LogP contribution in [0.1, 0.15) is 49.2 Å². The second kappa shape index (κ2) is 8.81. The van der Waals surface area contributed by atoms with Gasteiger partial charge in [0.1, 0.15) is 11.6 Å². The molecule has 2 atom stereocenters. The van der Waals surface area contributed by atoms with Gasteiger partial charge in [0.15, 0.2) is 0 Å². The van der Waals surface area contributed by atoms with Crippen molar-refractivity contribution in [1.82, 2.24) is 14.7 Å². The molecule has 0 spiro atoms. The molecular weight excluding hydrogens is 396 g/mol. The Morgan fingerprint density at radius 3 is 2.60 bits per heavy atom. The highest BCUT2D eigenvalue weighted by Crippen LogP contribution is 2.41. The van der Waals surface area contributed by atoms with Gasteiger partial charge >= 0.3 is 0 Å². The van der Waals surface area contributed by atoms with Crippen LogP contribution in [0.4, 0.5) is 0 Å². The van der Waals surface area contributed by atoms with E-state index in [4.69, 9.17) is 0 Å². The van der Waals surface area contributed by atoms with E-state index in [1.165, 1.54) is 11.3 Å². The third-order valence-corrected chi connectivity index (χ3v) is 7.38. The molecule has 1 saturated heterocycles. The first kappa shape index (κ1) is 20.9. The first-order chi connectivity index (χ1) is 14.5. The van der Waals surface area contributed by atoms with Crippen molar-refractivity contribution in [2.24, 2.45) is 11.8 Å². The van der Waals surface area contributed by atoms with Gasteiger partial charge in [0, 0.05) is 50.4 Å². The summed E-state index contributed by atoms with van der Waals surface area (Å²) in [5.74, 6) is 0.605. The Hall–Kier alpha value is -2.33. The zero-order valence-corrected chi connectivity index (χ0v) is 18.7. The van der Waals surface area contributed by atoms with E-state index in [0.717, 1.165) is 36.3 Å². The van der Waals surface area contributed by atoms with Gasteiger partial charge in [-0.15, -0.1) is 11.3 Å². The van der Waals surface area contributed by atoms with E-state index in [-0.39, 0.29) is 23.8 Å². The second-order valence-electron chi connectivity index (χ2n) is 8.94. The first-order valence-electron chi connectivity index (χ1n) is 11.0. The smallest absolute Gasteiger partial charge is 0.266 e. The number of carbonyl (C=O) groups excluding carboxylic acids is 2. The first-order valence-corrected chi connectivity index (χ1v) is 11.9. The summed E-state index contributed by atoms with van der Waals surface area (Å²) >= 11 is 1.47. The van der Waals surface area contributed by atoms with Crippen LogP contribution >= 0.6 is 11.3 Å². The van der Waals surface area contributed by atoms with Crippen molar-refractivity contribution in [3.05, 3.63) is 33.7 Å². The molecule has 3 heterocycles. The number of piperazine rings is 1. The number of hydrogen-bond donors (Lipinski definition) is 0. The monoisotopic (exact) mass is 426 g/mol. The van der Waals surface area contributed by atoms with Crippen LogP contribution in [-0.2, 0) is 4.79 Å². The molecule has 1 saturated carbocycles. The van der Waals surface area contributed by atoms with Crippen LogP contribution in [0.2, 0.25) is 0 Å². The lowest BCUT2D eigenvalue weighted by Gasteiger charge is -2.49. The molecule has 2 amide bonds. The van der Waals surface area contributed by atoms with Crippen molar-refractivity contribution in [1.29, 1.82) is 5.26 Å². The third-order valence-electron chi connectivity index (χ3n) is 6.53. The van der Waals surface area contributed by atoms with Crippen molar-refractivity contribution < 1.29 is 9.59 Å². The lowest BCUT2D eigenvalue weighted by atomic mass is 9.76. The zero-order chi connectivity index (χ0) is 21.3. The summed E-state index contributed by atoms with van der Waals surface area (Å²) < 4.78 is 0. The minimum atomic E-state index is -0.0959. The Bertz CT molecular complexity index is 862. The van der Waals surface area contributed by atoms with Crippen molar-refractivity contribution in [2.75, 3.05) is 32.7 Å². The van der Waals surface area contributed by atoms with E-state index in [0.29, 0.717) is 44.2 Å². The van der Waals surface area contributed by atoms with E-state index in [1.54, 1.807) is 0 Å². The summed E-state index contributed by atoms with van der Waals surface area (Å²) in [7, 11) is 0. The lowest BCUT2D eigenvalue weighted by molar-refractivity contribution is -0.133. The van der Waals surface area contributed by atoms with Gasteiger partial charge in [-0.25, -0.2) is 0 Å². The Kier molecular flexibility index (Phi) is 6.14. The highest BCUT2D eigenvalue weighted by Gasteiger charge is 2.45. The normalized spacial score (nSPS) is 24.9. The third kappa shape index (κ3) is 3.85. The zero-order valence-electron chi connectivity index (χ0n) is 17.8. The van der Waals surface area contributed by atoms with Gasteiger partial charge < -0.3 is 14.7 Å². The van der Waals surface area contributed by atoms with Gasteiger partial charge in [-0.3, -0.25) is 9.59 Å². The SMILES string of the molecule is CC(C)CN1C(=O)C(C#N)=C(N2CCN(C(=O)c3cccs3)CC2)C2CCCCC21.